The maximum absolute atomic E-state index is 11.5. The number of hydrogen-bond donors (Lipinski definition) is 0. The number of rotatable bonds is 2. The number of ether oxygens (including phenoxy) is 1. The summed E-state index contributed by atoms with van der Waals surface area (Å²) in [7, 11) is 0. The number of ketones is 1. The summed E-state index contributed by atoms with van der Waals surface area (Å²) in [6, 6.07) is 0. The third kappa shape index (κ3) is 0.798. The lowest BCUT2D eigenvalue weighted by Gasteiger charge is -2.12. The molecule has 3 nitrogen and oxygen atoms in total. The Morgan fingerprint density at radius 2 is 2.38 bits per heavy atom. The van der Waals surface area contributed by atoms with Crippen LogP contribution < -0.4 is 0 Å². The first-order valence-corrected chi connectivity index (χ1v) is 4.87. The van der Waals surface area contributed by atoms with E-state index in [-0.39, 0.29) is 11.9 Å². The minimum Gasteiger partial charge on any atom is -0.466 e. The second kappa shape index (κ2) is 2.14. The van der Waals surface area contributed by atoms with Crippen molar-refractivity contribution in [2.45, 2.75) is 13.3 Å². The van der Waals surface area contributed by atoms with Crippen LogP contribution in [-0.2, 0) is 14.3 Å². The molecule has 5 atom stereocenters. The summed E-state index contributed by atoms with van der Waals surface area (Å²) >= 11 is 0. The minimum absolute atomic E-state index is 0.228. The van der Waals surface area contributed by atoms with Crippen LogP contribution in [0, 0.1) is 29.6 Å². The Bertz CT molecular complexity index is 297. The fraction of sp³-hybridized carbons (Fsp3) is 0.800. The topological polar surface area (TPSA) is 43.4 Å². The summed E-state index contributed by atoms with van der Waals surface area (Å²) in [5.41, 5.74) is 0. The van der Waals surface area contributed by atoms with E-state index < -0.39 is 0 Å². The molecule has 13 heavy (non-hydrogen) atoms. The number of carbonyl (C=O) groups excluding carboxylic acids is 2. The highest BCUT2D eigenvalue weighted by molar-refractivity contribution is 5.93. The lowest BCUT2D eigenvalue weighted by Crippen LogP contribution is -2.18. The van der Waals surface area contributed by atoms with Crippen LogP contribution in [0.4, 0.5) is 0 Å². The molecule has 0 radical (unpaired) electrons. The normalized spacial score (nSPS) is 49.6. The molecule has 0 aliphatic heterocycles. The van der Waals surface area contributed by atoms with Crippen LogP contribution in [0.3, 0.4) is 0 Å². The number of Topliss-reactive ketones (excluding diaryl/α,β-unsaturated/α-hetero) is 1. The first-order chi connectivity index (χ1) is 6.20. The lowest BCUT2D eigenvalue weighted by molar-refractivity contribution is -0.143. The highest BCUT2D eigenvalue weighted by Gasteiger charge is 2.73. The summed E-state index contributed by atoms with van der Waals surface area (Å²) in [6.45, 7) is 1.90. The van der Waals surface area contributed by atoms with Crippen LogP contribution in [0.5, 0.6) is 0 Å². The van der Waals surface area contributed by atoms with Gasteiger partial charge < -0.3 is 4.74 Å². The van der Waals surface area contributed by atoms with Crippen LogP contribution in [0.2, 0.25) is 0 Å². The molecule has 4 aliphatic carbocycles. The fourth-order valence-corrected chi connectivity index (χ4v) is 3.44. The van der Waals surface area contributed by atoms with E-state index in [1.54, 1.807) is 0 Å². The number of hydrogen-bond acceptors (Lipinski definition) is 3. The predicted molar refractivity (Wildman–Crippen MR) is 43.7 cm³/mol. The number of carbonyl (C=O) groups is 2. The summed E-state index contributed by atoms with van der Waals surface area (Å²) < 4.78 is 4.98. The fourth-order valence-electron chi connectivity index (χ4n) is 3.44. The van der Waals surface area contributed by atoms with Crippen LogP contribution in [0.25, 0.3) is 0 Å². The third-order valence-electron chi connectivity index (χ3n) is 3.94. The van der Waals surface area contributed by atoms with Gasteiger partial charge >= 0.3 is 5.97 Å². The Balaban J connectivity index is 1.69. The monoisotopic (exact) mass is 180 g/mol. The van der Waals surface area contributed by atoms with Gasteiger partial charge in [0.25, 0.3) is 0 Å². The predicted octanol–water partition coefficient (Wildman–Crippen LogP) is 0.631. The molecule has 4 aliphatic rings. The largest absolute Gasteiger partial charge is 0.466 e. The molecule has 0 heterocycles. The van der Waals surface area contributed by atoms with Crippen molar-refractivity contribution in [1.82, 2.24) is 0 Å². The molecule has 3 heteroatoms. The van der Waals surface area contributed by atoms with Crippen LogP contribution in [0.1, 0.15) is 13.3 Å². The van der Waals surface area contributed by atoms with Crippen molar-refractivity contribution in [3.63, 3.8) is 0 Å². The highest BCUT2D eigenvalue weighted by Crippen LogP contribution is 2.71. The lowest BCUT2D eigenvalue weighted by atomic mass is 9.99. The van der Waals surface area contributed by atoms with E-state index in [1.807, 2.05) is 0 Å². The maximum Gasteiger partial charge on any atom is 0.302 e. The van der Waals surface area contributed by atoms with Gasteiger partial charge in [-0.25, -0.2) is 0 Å². The Kier molecular flexibility index (Phi) is 1.24. The van der Waals surface area contributed by atoms with Gasteiger partial charge in [0.2, 0.25) is 0 Å². The molecule has 4 bridgehead atoms. The van der Waals surface area contributed by atoms with Crippen LogP contribution >= 0.6 is 0 Å². The minimum atomic E-state index is -0.228. The van der Waals surface area contributed by atoms with Gasteiger partial charge in [0.05, 0.1) is 6.61 Å². The first-order valence-electron chi connectivity index (χ1n) is 4.87. The molecule has 0 aromatic carbocycles. The molecule has 0 amide bonds. The molecule has 0 aromatic rings. The average molecular weight is 180 g/mol. The average Bonchev–Trinajstić information content (AvgIpc) is 2.36. The second-order valence-electron chi connectivity index (χ2n) is 4.48. The Hall–Kier alpha value is -0.860. The molecule has 0 saturated heterocycles. The summed E-state index contributed by atoms with van der Waals surface area (Å²) in [4.78, 5) is 22.1. The van der Waals surface area contributed by atoms with Crippen molar-refractivity contribution in [2.24, 2.45) is 29.6 Å². The van der Waals surface area contributed by atoms with Crippen molar-refractivity contribution < 1.29 is 14.3 Å². The maximum atomic E-state index is 11.5. The van der Waals surface area contributed by atoms with Crippen molar-refractivity contribution in [2.75, 3.05) is 6.61 Å². The zero-order valence-corrected chi connectivity index (χ0v) is 7.53. The SMILES string of the molecule is CC(=O)OCC1C2CC3C1[C@@H]3C2=O. The van der Waals surface area contributed by atoms with Gasteiger partial charge in [0, 0.05) is 24.7 Å². The Morgan fingerprint density at radius 3 is 2.77 bits per heavy atom. The van der Waals surface area contributed by atoms with Gasteiger partial charge in [-0.1, -0.05) is 0 Å². The van der Waals surface area contributed by atoms with Crippen molar-refractivity contribution in [3.05, 3.63) is 0 Å². The number of esters is 1. The molecule has 4 fully saturated rings. The summed E-state index contributed by atoms with van der Waals surface area (Å²) in [6.07, 6.45) is 1.07. The molecule has 0 spiro atoms. The summed E-state index contributed by atoms with van der Waals surface area (Å²) in [5, 5.41) is 0. The first kappa shape index (κ1) is 7.54. The molecule has 70 valence electrons. The van der Waals surface area contributed by atoms with E-state index in [9.17, 15) is 9.59 Å². The molecule has 4 rings (SSSR count). The highest BCUT2D eigenvalue weighted by atomic mass is 16.5. The smallest absolute Gasteiger partial charge is 0.302 e. The van der Waals surface area contributed by atoms with E-state index in [1.165, 1.54) is 6.92 Å². The van der Waals surface area contributed by atoms with E-state index in [4.69, 9.17) is 4.74 Å². The molecular formula is C10H12O3. The third-order valence-corrected chi connectivity index (χ3v) is 3.94. The van der Waals surface area contributed by atoms with E-state index in [2.05, 4.69) is 0 Å². The van der Waals surface area contributed by atoms with Gasteiger partial charge in [-0.15, -0.1) is 0 Å². The van der Waals surface area contributed by atoms with Gasteiger partial charge in [-0.2, -0.15) is 0 Å². The van der Waals surface area contributed by atoms with Gasteiger partial charge in [-0.05, 0) is 18.3 Å². The molecule has 0 aromatic heterocycles. The van der Waals surface area contributed by atoms with Gasteiger partial charge in [0.15, 0.2) is 0 Å². The van der Waals surface area contributed by atoms with E-state index in [0.29, 0.717) is 36.1 Å². The molecule has 0 N–H and O–H groups in total. The van der Waals surface area contributed by atoms with E-state index >= 15 is 0 Å². The Morgan fingerprint density at radius 1 is 1.62 bits per heavy atom. The standard InChI is InChI=1S/C10H12O3/c1-4(11)13-3-7-5-2-6-8(7)9(6)10(5)12/h5-9H,2-3H2,1H3/t5?,6?,7?,8?,9-/m1/s1. The molecule has 4 unspecified atom stereocenters. The second-order valence-corrected chi connectivity index (χ2v) is 4.48. The van der Waals surface area contributed by atoms with E-state index in [0.717, 1.165) is 6.42 Å². The van der Waals surface area contributed by atoms with Gasteiger partial charge in [-0.3, -0.25) is 9.59 Å². The Labute approximate surface area is 76.4 Å². The molecule has 4 saturated carbocycles. The zero-order valence-electron chi connectivity index (χ0n) is 7.53. The van der Waals surface area contributed by atoms with Crippen molar-refractivity contribution >= 4 is 11.8 Å². The van der Waals surface area contributed by atoms with Crippen LogP contribution in [-0.4, -0.2) is 18.4 Å². The van der Waals surface area contributed by atoms with Gasteiger partial charge in [0.1, 0.15) is 5.78 Å². The van der Waals surface area contributed by atoms with Crippen LogP contribution in [0.15, 0.2) is 0 Å². The zero-order chi connectivity index (χ0) is 9.16. The summed E-state index contributed by atoms with van der Waals surface area (Å²) in [5.74, 6) is 2.44. The van der Waals surface area contributed by atoms with Crippen molar-refractivity contribution in [3.8, 4) is 0 Å². The van der Waals surface area contributed by atoms with Crippen molar-refractivity contribution in [1.29, 1.82) is 0 Å². The quantitative estimate of drug-likeness (QED) is 0.585. The molecular weight excluding hydrogens is 168 g/mol.